The van der Waals surface area contributed by atoms with E-state index in [1.54, 1.807) is 0 Å². The van der Waals surface area contributed by atoms with Crippen LogP contribution in [0.5, 0.6) is 0 Å². The molecule has 0 unspecified atom stereocenters. The van der Waals surface area contributed by atoms with Crippen LogP contribution in [0.2, 0.25) is 0 Å². The van der Waals surface area contributed by atoms with Crippen LogP contribution in [0.3, 0.4) is 0 Å². The molecule has 94 valence electrons. The second-order valence-corrected chi connectivity index (χ2v) is 5.18. The lowest BCUT2D eigenvalue weighted by Gasteiger charge is -2.33. The summed E-state index contributed by atoms with van der Waals surface area (Å²) in [6.07, 6.45) is 6.85. The van der Waals surface area contributed by atoms with Crippen LogP contribution in [-0.4, -0.2) is 18.1 Å². The molecule has 0 spiro atoms. The Bertz CT molecular complexity index is 220. The van der Waals surface area contributed by atoms with Crippen molar-refractivity contribution in [1.82, 2.24) is 0 Å². The second-order valence-electron chi connectivity index (χ2n) is 5.18. The van der Waals surface area contributed by atoms with E-state index in [2.05, 4.69) is 13.8 Å². The first-order chi connectivity index (χ1) is 7.58. The van der Waals surface area contributed by atoms with Crippen molar-refractivity contribution < 1.29 is 9.53 Å². The molecule has 0 atom stereocenters. The molecule has 1 fully saturated rings. The number of nitrogens with two attached hydrogens (primary N) is 1. The molecule has 1 aliphatic carbocycles. The highest BCUT2D eigenvalue weighted by molar-refractivity contribution is 5.80. The van der Waals surface area contributed by atoms with E-state index in [4.69, 9.17) is 10.5 Å². The van der Waals surface area contributed by atoms with Gasteiger partial charge in [0.1, 0.15) is 5.54 Å². The highest BCUT2D eigenvalue weighted by atomic mass is 16.5. The van der Waals surface area contributed by atoms with Crippen molar-refractivity contribution in [2.45, 2.75) is 64.3 Å². The van der Waals surface area contributed by atoms with Gasteiger partial charge in [-0.25, -0.2) is 0 Å². The molecule has 0 saturated heterocycles. The first-order valence-corrected chi connectivity index (χ1v) is 6.54. The van der Waals surface area contributed by atoms with Gasteiger partial charge >= 0.3 is 5.97 Å². The van der Waals surface area contributed by atoms with Crippen LogP contribution in [-0.2, 0) is 9.53 Å². The third-order valence-electron chi connectivity index (χ3n) is 3.55. The fourth-order valence-corrected chi connectivity index (χ4v) is 2.14. The maximum atomic E-state index is 11.8. The Hall–Kier alpha value is -0.570. The molecule has 3 heteroatoms. The largest absolute Gasteiger partial charge is 0.464 e. The van der Waals surface area contributed by atoms with Crippen molar-refractivity contribution in [3.05, 3.63) is 0 Å². The van der Waals surface area contributed by atoms with Crippen molar-refractivity contribution in [2.24, 2.45) is 11.7 Å². The summed E-state index contributed by atoms with van der Waals surface area (Å²) < 4.78 is 5.26. The van der Waals surface area contributed by atoms with Crippen LogP contribution in [0.4, 0.5) is 0 Å². The van der Waals surface area contributed by atoms with Crippen LogP contribution in [0.15, 0.2) is 0 Å². The molecule has 16 heavy (non-hydrogen) atoms. The van der Waals surface area contributed by atoms with Crippen molar-refractivity contribution in [3.8, 4) is 0 Å². The molecule has 2 N–H and O–H groups in total. The van der Waals surface area contributed by atoms with Crippen LogP contribution < -0.4 is 5.73 Å². The molecule has 0 radical (unpaired) electrons. The van der Waals surface area contributed by atoms with Crippen molar-refractivity contribution in [2.75, 3.05) is 6.61 Å². The number of rotatable bonds is 5. The summed E-state index contributed by atoms with van der Waals surface area (Å²) in [6.45, 7) is 4.88. The van der Waals surface area contributed by atoms with E-state index in [0.29, 0.717) is 12.5 Å². The van der Waals surface area contributed by atoms with E-state index in [9.17, 15) is 4.79 Å². The lowest BCUT2D eigenvalue weighted by atomic mass is 9.78. The standard InChI is InChI=1S/C13H25NO2/c1-3-4-5-10-16-12(15)13(14)8-6-11(2)7-9-13/h11H,3-10,14H2,1-2H3. The number of esters is 1. The Balaban J connectivity index is 2.29. The summed E-state index contributed by atoms with van der Waals surface area (Å²) in [6, 6.07) is 0. The molecule has 0 aliphatic heterocycles. The molecular formula is C13H25NO2. The predicted molar refractivity (Wildman–Crippen MR) is 65.0 cm³/mol. The molecule has 1 aliphatic rings. The molecular weight excluding hydrogens is 202 g/mol. The maximum absolute atomic E-state index is 11.8. The number of ether oxygens (including phenoxy) is 1. The fourth-order valence-electron chi connectivity index (χ4n) is 2.14. The van der Waals surface area contributed by atoms with E-state index >= 15 is 0 Å². The van der Waals surface area contributed by atoms with Crippen LogP contribution in [0, 0.1) is 5.92 Å². The van der Waals surface area contributed by atoms with E-state index in [0.717, 1.165) is 44.9 Å². The van der Waals surface area contributed by atoms with Crippen LogP contribution in [0.25, 0.3) is 0 Å². The zero-order valence-electron chi connectivity index (χ0n) is 10.6. The Kier molecular flexibility index (Phi) is 5.26. The van der Waals surface area contributed by atoms with Gasteiger partial charge in [0.15, 0.2) is 0 Å². The first kappa shape index (κ1) is 13.5. The summed E-state index contributed by atoms with van der Waals surface area (Å²) in [5, 5.41) is 0. The van der Waals surface area contributed by atoms with Crippen molar-refractivity contribution >= 4 is 5.97 Å². The Morgan fingerprint density at radius 1 is 1.38 bits per heavy atom. The number of carbonyl (C=O) groups excluding carboxylic acids is 1. The summed E-state index contributed by atoms with van der Waals surface area (Å²) in [5.41, 5.74) is 5.41. The van der Waals surface area contributed by atoms with Gasteiger partial charge in [-0.05, 0) is 38.0 Å². The molecule has 0 bridgehead atoms. The third kappa shape index (κ3) is 3.78. The molecule has 0 heterocycles. The fraction of sp³-hybridized carbons (Fsp3) is 0.923. The van der Waals surface area contributed by atoms with Crippen LogP contribution in [0.1, 0.15) is 58.8 Å². The summed E-state index contributed by atoms with van der Waals surface area (Å²) in [7, 11) is 0. The number of carbonyl (C=O) groups is 1. The van der Waals surface area contributed by atoms with Gasteiger partial charge in [0.2, 0.25) is 0 Å². The molecule has 0 aromatic carbocycles. The van der Waals surface area contributed by atoms with Gasteiger partial charge < -0.3 is 10.5 Å². The highest BCUT2D eigenvalue weighted by Gasteiger charge is 2.38. The SMILES string of the molecule is CCCCCOC(=O)C1(N)CCC(C)CC1. The molecule has 0 aromatic rings. The predicted octanol–water partition coefficient (Wildman–Crippen LogP) is 2.63. The minimum atomic E-state index is -0.696. The monoisotopic (exact) mass is 227 g/mol. The number of hydrogen-bond donors (Lipinski definition) is 1. The van der Waals surface area contributed by atoms with Gasteiger partial charge in [0, 0.05) is 0 Å². The van der Waals surface area contributed by atoms with Gasteiger partial charge in [-0.15, -0.1) is 0 Å². The second kappa shape index (κ2) is 6.24. The van der Waals surface area contributed by atoms with E-state index < -0.39 is 5.54 Å². The number of unbranched alkanes of at least 4 members (excludes halogenated alkanes) is 2. The van der Waals surface area contributed by atoms with Crippen molar-refractivity contribution in [1.29, 1.82) is 0 Å². The minimum Gasteiger partial charge on any atom is -0.464 e. The van der Waals surface area contributed by atoms with Gasteiger partial charge in [-0.1, -0.05) is 26.7 Å². The Morgan fingerprint density at radius 2 is 2.00 bits per heavy atom. The molecule has 0 amide bonds. The van der Waals surface area contributed by atoms with Crippen molar-refractivity contribution in [3.63, 3.8) is 0 Å². The van der Waals surface area contributed by atoms with E-state index in [1.165, 1.54) is 0 Å². The summed E-state index contributed by atoms with van der Waals surface area (Å²) >= 11 is 0. The Morgan fingerprint density at radius 3 is 2.56 bits per heavy atom. The molecule has 0 aromatic heterocycles. The quantitative estimate of drug-likeness (QED) is 0.580. The number of hydrogen-bond acceptors (Lipinski definition) is 3. The summed E-state index contributed by atoms with van der Waals surface area (Å²) in [5.74, 6) is 0.514. The topological polar surface area (TPSA) is 52.3 Å². The smallest absolute Gasteiger partial charge is 0.326 e. The highest BCUT2D eigenvalue weighted by Crippen LogP contribution is 2.30. The zero-order valence-corrected chi connectivity index (χ0v) is 10.6. The lowest BCUT2D eigenvalue weighted by Crippen LogP contribution is -2.51. The minimum absolute atomic E-state index is 0.185. The lowest BCUT2D eigenvalue weighted by molar-refractivity contribution is -0.152. The van der Waals surface area contributed by atoms with Crippen LogP contribution >= 0.6 is 0 Å². The normalized spacial score (nSPS) is 30.1. The first-order valence-electron chi connectivity index (χ1n) is 6.54. The maximum Gasteiger partial charge on any atom is 0.326 e. The Labute approximate surface area is 98.7 Å². The van der Waals surface area contributed by atoms with E-state index in [1.807, 2.05) is 0 Å². The molecule has 3 nitrogen and oxygen atoms in total. The van der Waals surface area contributed by atoms with E-state index in [-0.39, 0.29) is 5.97 Å². The molecule has 1 saturated carbocycles. The van der Waals surface area contributed by atoms with Gasteiger partial charge in [-0.3, -0.25) is 4.79 Å². The van der Waals surface area contributed by atoms with Gasteiger partial charge in [0.05, 0.1) is 6.61 Å². The van der Waals surface area contributed by atoms with Gasteiger partial charge in [-0.2, -0.15) is 0 Å². The summed E-state index contributed by atoms with van der Waals surface area (Å²) in [4.78, 5) is 11.8. The third-order valence-corrected chi connectivity index (χ3v) is 3.55. The molecule has 1 rings (SSSR count). The average molecular weight is 227 g/mol. The zero-order chi connectivity index (χ0) is 12.0. The van der Waals surface area contributed by atoms with Gasteiger partial charge in [0.25, 0.3) is 0 Å². The average Bonchev–Trinajstić information content (AvgIpc) is 2.28.